The predicted molar refractivity (Wildman–Crippen MR) is 93.4 cm³/mol. The first-order chi connectivity index (χ1) is 12.7. The van der Waals surface area contributed by atoms with Crippen molar-refractivity contribution in [3.63, 3.8) is 0 Å². The quantitative estimate of drug-likeness (QED) is 0.754. The zero-order valence-electron chi connectivity index (χ0n) is 14.2. The van der Waals surface area contributed by atoms with Gasteiger partial charge in [0.15, 0.2) is 5.76 Å². The van der Waals surface area contributed by atoms with E-state index < -0.39 is 6.10 Å². The number of amides is 1. The molecular weight excluding hydrogens is 332 g/mol. The van der Waals surface area contributed by atoms with Crippen LogP contribution in [0.1, 0.15) is 21.9 Å². The van der Waals surface area contributed by atoms with E-state index in [4.69, 9.17) is 4.42 Å². The van der Waals surface area contributed by atoms with Gasteiger partial charge in [0.25, 0.3) is 5.91 Å². The van der Waals surface area contributed by atoms with E-state index in [2.05, 4.69) is 9.97 Å². The summed E-state index contributed by atoms with van der Waals surface area (Å²) in [5, 5.41) is 10.3. The Morgan fingerprint density at radius 3 is 2.77 bits per heavy atom. The van der Waals surface area contributed by atoms with Crippen LogP contribution in [0.4, 0.5) is 0 Å². The van der Waals surface area contributed by atoms with Crippen LogP contribution in [0.2, 0.25) is 0 Å². The number of rotatable bonds is 5. The molecule has 2 atom stereocenters. The summed E-state index contributed by atoms with van der Waals surface area (Å²) in [7, 11) is 0. The van der Waals surface area contributed by atoms with Gasteiger partial charge in [-0.3, -0.25) is 9.78 Å². The number of furan rings is 1. The Kier molecular flexibility index (Phi) is 4.53. The second-order valence-corrected chi connectivity index (χ2v) is 6.60. The number of carbonyl (C=O) groups excluding carboxylic acids is 1. The van der Waals surface area contributed by atoms with E-state index in [0.29, 0.717) is 31.2 Å². The Balaban J connectivity index is 1.40. The maximum atomic E-state index is 12.7. The topological polar surface area (TPSA) is 84.4 Å². The molecule has 1 amide bonds. The zero-order chi connectivity index (χ0) is 17.9. The summed E-state index contributed by atoms with van der Waals surface area (Å²) < 4.78 is 7.56. The molecule has 1 saturated heterocycles. The van der Waals surface area contributed by atoms with Gasteiger partial charge in [0.2, 0.25) is 0 Å². The molecule has 7 heteroatoms. The minimum Gasteiger partial charge on any atom is -0.454 e. The van der Waals surface area contributed by atoms with E-state index in [0.717, 1.165) is 12.0 Å². The van der Waals surface area contributed by atoms with Crippen LogP contribution in [0.5, 0.6) is 0 Å². The van der Waals surface area contributed by atoms with Crippen molar-refractivity contribution >= 4 is 5.91 Å². The number of pyridine rings is 1. The molecule has 1 fully saturated rings. The third-order valence-electron chi connectivity index (χ3n) is 4.71. The van der Waals surface area contributed by atoms with E-state index in [1.54, 1.807) is 42.0 Å². The van der Waals surface area contributed by atoms with E-state index in [1.165, 1.54) is 0 Å². The first-order valence-corrected chi connectivity index (χ1v) is 8.60. The Morgan fingerprint density at radius 2 is 2.00 bits per heavy atom. The molecule has 4 heterocycles. The fraction of sp³-hybridized carbons (Fsp3) is 0.316. The first-order valence-electron chi connectivity index (χ1n) is 8.60. The molecule has 0 aliphatic carbocycles. The Labute approximate surface area is 150 Å². The number of nitrogens with zero attached hydrogens (tertiary/aromatic N) is 4. The molecule has 134 valence electrons. The molecule has 0 spiro atoms. The van der Waals surface area contributed by atoms with Crippen LogP contribution in [0, 0.1) is 5.92 Å². The molecule has 0 radical (unpaired) electrons. The van der Waals surface area contributed by atoms with Crippen LogP contribution < -0.4 is 0 Å². The van der Waals surface area contributed by atoms with Gasteiger partial charge >= 0.3 is 0 Å². The fourth-order valence-corrected chi connectivity index (χ4v) is 3.34. The predicted octanol–water partition coefficient (Wildman–Crippen LogP) is 1.59. The van der Waals surface area contributed by atoms with Gasteiger partial charge in [0.1, 0.15) is 5.76 Å². The standard InChI is InChI=1S/C19H20N4O3/c24-17-12-23(10-15(17)9-14-3-5-20-6-4-14)19(25)18-2-1-16(26-18)11-22-8-7-21-13-22/h1-8,13,15,17,24H,9-12H2/t15-,17+/m1/s1. The maximum Gasteiger partial charge on any atom is 0.289 e. The van der Waals surface area contributed by atoms with E-state index >= 15 is 0 Å². The molecule has 1 aliphatic rings. The maximum absolute atomic E-state index is 12.7. The Hall–Kier alpha value is -2.93. The van der Waals surface area contributed by atoms with Gasteiger partial charge in [0.05, 0.1) is 19.0 Å². The van der Waals surface area contributed by atoms with Gasteiger partial charge in [-0.05, 0) is 36.2 Å². The summed E-state index contributed by atoms with van der Waals surface area (Å²) in [6.45, 7) is 1.37. The van der Waals surface area contributed by atoms with Gasteiger partial charge in [-0.1, -0.05) is 0 Å². The van der Waals surface area contributed by atoms with Crippen LogP contribution >= 0.6 is 0 Å². The van der Waals surface area contributed by atoms with Crippen LogP contribution in [0.25, 0.3) is 0 Å². The normalized spacial score (nSPS) is 19.8. The molecular formula is C19H20N4O3. The molecule has 26 heavy (non-hydrogen) atoms. The lowest BCUT2D eigenvalue weighted by molar-refractivity contribution is 0.0731. The number of β-amino-alcohol motifs (C(OH)–C–C–N with tert-alkyl or cyclic N) is 1. The number of carbonyl (C=O) groups is 1. The molecule has 0 saturated carbocycles. The third-order valence-corrected chi connectivity index (χ3v) is 4.71. The van der Waals surface area contributed by atoms with Crippen LogP contribution in [-0.2, 0) is 13.0 Å². The number of likely N-dealkylation sites (tertiary alicyclic amines) is 1. The number of aromatic nitrogens is 3. The number of aliphatic hydroxyl groups is 1. The molecule has 0 bridgehead atoms. The third kappa shape index (κ3) is 3.52. The molecule has 1 aliphatic heterocycles. The summed E-state index contributed by atoms with van der Waals surface area (Å²) >= 11 is 0. The van der Waals surface area contributed by atoms with Crippen LogP contribution in [0.15, 0.2) is 59.8 Å². The summed E-state index contributed by atoms with van der Waals surface area (Å²) in [6.07, 6.45) is 8.90. The minimum absolute atomic E-state index is 0.0155. The van der Waals surface area contributed by atoms with Crippen molar-refractivity contribution in [2.75, 3.05) is 13.1 Å². The van der Waals surface area contributed by atoms with Crippen molar-refractivity contribution < 1.29 is 14.3 Å². The molecule has 1 N–H and O–H groups in total. The Bertz CT molecular complexity index is 860. The van der Waals surface area contributed by atoms with Crippen molar-refractivity contribution in [2.24, 2.45) is 5.92 Å². The van der Waals surface area contributed by atoms with Crippen molar-refractivity contribution in [2.45, 2.75) is 19.1 Å². The van der Waals surface area contributed by atoms with Crippen molar-refractivity contribution in [1.29, 1.82) is 0 Å². The van der Waals surface area contributed by atoms with Crippen molar-refractivity contribution in [1.82, 2.24) is 19.4 Å². The highest BCUT2D eigenvalue weighted by molar-refractivity contribution is 5.91. The fourth-order valence-electron chi connectivity index (χ4n) is 3.34. The molecule has 0 unspecified atom stereocenters. The Morgan fingerprint density at radius 1 is 1.15 bits per heavy atom. The lowest BCUT2D eigenvalue weighted by atomic mass is 9.97. The van der Waals surface area contributed by atoms with E-state index in [1.807, 2.05) is 22.9 Å². The molecule has 3 aromatic heterocycles. The number of hydrogen-bond donors (Lipinski definition) is 1. The number of aliphatic hydroxyl groups excluding tert-OH is 1. The van der Waals surface area contributed by atoms with Gasteiger partial charge in [-0.2, -0.15) is 0 Å². The molecule has 3 aromatic rings. The summed E-state index contributed by atoms with van der Waals surface area (Å²) in [6, 6.07) is 7.36. The average molecular weight is 352 g/mol. The van der Waals surface area contributed by atoms with Gasteiger partial charge in [-0.15, -0.1) is 0 Å². The highest BCUT2D eigenvalue weighted by Crippen LogP contribution is 2.23. The van der Waals surface area contributed by atoms with Crippen molar-refractivity contribution in [3.8, 4) is 0 Å². The average Bonchev–Trinajstić information content (AvgIpc) is 3.39. The summed E-state index contributed by atoms with van der Waals surface area (Å²) in [5.41, 5.74) is 1.11. The molecule has 4 rings (SSSR count). The molecule has 0 aromatic carbocycles. The lowest BCUT2D eigenvalue weighted by Gasteiger charge is -2.14. The summed E-state index contributed by atoms with van der Waals surface area (Å²) in [4.78, 5) is 22.4. The van der Waals surface area contributed by atoms with Gasteiger partial charge in [-0.25, -0.2) is 4.98 Å². The van der Waals surface area contributed by atoms with E-state index in [-0.39, 0.29) is 11.8 Å². The largest absolute Gasteiger partial charge is 0.454 e. The van der Waals surface area contributed by atoms with Crippen LogP contribution in [0.3, 0.4) is 0 Å². The SMILES string of the molecule is O=C(c1ccc(Cn2ccnc2)o1)N1C[C@@H](Cc2ccncc2)[C@@H](O)C1. The van der Waals surface area contributed by atoms with E-state index in [9.17, 15) is 9.90 Å². The number of hydrogen-bond acceptors (Lipinski definition) is 5. The first kappa shape index (κ1) is 16.5. The minimum atomic E-state index is -0.535. The highest BCUT2D eigenvalue weighted by Gasteiger charge is 2.35. The highest BCUT2D eigenvalue weighted by atomic mass is 16.4. The second-order valence-electron chi connectivity index (χ2n) is 6.60. The summed E-state index contributed by atoms with van der Waals surface area (Å²) in [5.74, 6) is 0.830. The zero-order valence-corrected chi connectivity index (χ0v) is 14.2. The second kappa shape index (κ2) is 7.13. The van der Waals surface area contributed by atoms with Gasteiger partial charge in [0, 0.05) is 43.8 Å². The van der Waals surface area contributed by atoms with Gasteiger partial charge < -0.3 is 19.0 Å². The number of imidazole rings is 1. The van der Waals surface area contributed by atoms with Crippen molar-refractivity contribution in [3.05, 3.63) is 72.5 Å². The molecule has 7 nitrogen and oxygen atoms in total. The monoisotopic (exact) mass is 352 g/mol. The smallest absolute Gasteiger partial charge is 0.289 e. The lowest BCUT2D eigenvalue weighted by Crippen LogP contribution is -2.29. The van der Waals surface area contributed by atoms with Crippen LogP contribution in [-0.4, -0.2) is 49.6 Å².